The SMILES string of the molecule is CC.O=Cc1c(Cl)ccnc1N1CCn2c3c(c(F)c2C1=O)CCCC3. The summed E-state index contributed by atoms with van der Waals surface area (Å²) in [5.74, 6) is -0.701. The standard InChI is InChI=1S/C17H15ClFN3O2.C2H6/c18-12-5-6-20-16(11(12)9-23)22-8-7-21-13-4-2-1-3-10(13)14(19)15(21)17(22)24;1-2/h5-6,9H,1-4,7-8H2;1-2H3. The third-order valence-corrected chi connectivity index (χ3v) is 5.12. The highest BCUT2D eigenvalue weighted by molar-refractivity contribution is 6.33. The number of anilines is 1. The summed E-state index contributed by atoms with van der Waals surface area (Å²) in [6, 6.07) is 1.49. The summed E-state index contributed by atoms with van der Waals surface area (Å²) >= 11 is 6.02. The van der Waals surface area contributed by atoms with Gasteiger partial charge in [-0.15, -0.1) is 0 Å². The molecule has 1 aliphatic heterocycles. The molecule has 5 nitrogen and oxygen atoms in total. The van der Waals surface area contributed by atoms with E-state index in [9.17, 15) is 14.0 Å². The molecule has 2 aromatic heterocycles. The van der Waals surface area contributed by atoms with Crippen LogP contribution in [0.5, 0.6) is 0 Å². The Hall–Kier alpha value is -2.21. The van der Waals surface area contributed by atoms with Crippen molar-refractivity contribution in [3.8, 4) is 0 Å². The van der Waals surface area contributed by atoms with Gasteiger partial charge in [-0.3, -0.25) is 14.5 Å². The predicted molar refractivity (Wildman–Crippen MR) is 98.7 cm³/mol. The maximum absolute atomic E-state index is 14.8. The molecule has 4 rings (SSSR count). The first-order chi connectivity index (χ1) is 12.6. The van der Waals surface area contributed by atoms with Gasteiger partial charge in [-0.2, -0.15) is 0 Å². The number of hydrogen-bond acceptors (Lipinski definition) is 3. The van der Waals surface area contributed by atoms with Crippen LogP contribution in [-0.4, -0.2) is 28.3 Å². The van der Waals surface area contributed by atoms with E-state index in [0.717, 1.165) is 25.0 Å². The summed E-state index contributed by atoms with van der Waals surface area (Å²) in [5, 5.41) is 0.225. The lowest BCUT2D eigenvalue weighted by Gasteiger charge is -2.29. The van der Waals surface area contributed by atoms with E-state index in [1.807, 2.05) is 13.8 Å². The molecule has 0 radical (unpaired) electrons. The number of rotatable bonds is 2. The third kappa shape index (κ3) is 2.82. The van der Waals surface area contributed by atoms with Crippen molar-refractivity contribution in [2.75, 3.05) is 11.4 Å². The Morgan fingerprint density at radius 1 is 1.23 bits per heavy atom. The minimum atomic E-state index is -0.467. The smallest absolute Gasteiger partial charge is 0.279 e. The molecule has 1 amide bonds. The van der Waals surface area contributed by atoms with E-state index < -0.39 is 11.7 Å². The van der Waals surface area contributed by atoms with Crippen molar-refractivity contribution in [2.24, 2.45) is 0 Å². The van der Waals surface area contributed by atoms with E-state index in [2.05, 4.69) is 4.98 Å². The molecule has 0 unspecified atom stereocenters. The van der Waals surface area contributed by atoms with Crippen LogP contribution in [0.2, 0.25) is 5.02 Å². The Morgan fingerprint density at radius 3 is 2.69 bits per heavy atom. The third-order valence-electron chi connectivity index (χ3n) is 4.79. The largest absolute Gasteiger partial charge is 0.336 e. The number of carbonyl (C=O) groups excluding carboxylic acids is 2. The molecule has 0 fully saturated rings. The summed E-state index contributed by atoms with van der Waals surface area (Å²) in [7, 11) is 0. The Balaban J connectivity index is 0.000000948. The fourth-order valence-electron chi connectivity index (χ4n) is 3.67. The Kier molecular flexibility index (Phi) is 5.41. The van der Waals surface area contributed by atoms with Crippen LogP contribution < -0.4 is 4.90 Å². The van der Waals surface area contributed by atoms with E-state index in [1.54, 1.807) is 4.57 Å². The van der Waals surface area contributed by atoms with Gasteiger partial charge in [-0.1, -0.05) is 25.4 Å². The molecule has 26 heavy (non-hydrogen) atoms. The number of hydrogen-bond donors (Lipinski definition) is 0. The Bertz CT molecular complexity index is 863. The van der Waals surface area contributed by atoms with E-state index >= 15 is 0 Å². The zero-order chi connectivity index (χ0) is 18.8. The van der Waals surface area contributed by atoms with Crippen LogP contribution >= 0.6 is 11.6 Å². The van der Waals surface area contributed by atoms with E-state index in [1.165, 1.54) is 17.2 Å². The number of carbonyl (C=O) groups is 2. The van der Waals surface area contributed by atoms with Crippen LogP contribution in [0.15, 0.2) is 12.3 Å². The molecular weight excluding hydrogens is 357 g/mol. The number of aldehydes is 1. The Morgan fingerprint density at radius 2 is 1.96 bits per heavy atom. The van der Waals surface area contributed by atoms with Crippen LogP contribution in [0.1, 0.15) is 58.8 Å². The first-order valence-electron chi connectivity index (χ1n) is 8.94. The van der Waals surface area contributed by atoms with Gasteiger partial charge in [0.25, 0.3) is 5.91 Å². The van der Waals surface area contributed by atoms with Gasteiger partial charge in [0, 0.05) is 30.5 Å². The zero-order valence-electron chi connectivity index (χ0n) is 14.9. The molecule has 0 saturated carbocycles. The van der Waals surface area contributed by atoms with Gasteiger partial charge in [0.1, 0.15) is 11.5 Å². The van der Waals surface area contributed by atoms with Gasteiger partial charge in [0.15, 0.2) is 12.1 Å². The molecular formula is C19H21ClFN3O2. The summed E-state index contributed by atoms with van der Waals surface area (Å²) in [5.41, 5.74) is 1.84. The highest BCUT2D eigenvalue weighted by Gasteiger charge is 2.36. The second-order valence-corrected chi connectivity index (χ2v) is 6.46. The lowest BCUT2D eigenvalue weighted by atomic mass is 9.97. The number of aromatic nitrogens is 2. The summed E-state index contributed by atoms with van der Waals surface area (Å²) in [4.78, 5) is 29.7. The van der Waals surface area contributed by atoms with Crippen LogP contribution in [-0.2, 0) is 19.4 Å². The average Bonchev–Trinajstić information content (AvgIpc) is 2.97. The average molecular weight is 378 g/mol. The normalized spacial score (nSPS) is 15.7. The number of halogens is 2. The maximum atomic E-state index is 14.8. The fourth-order valence-corrected chi connectivity index (χ4v) is 3.86. The van der Waals surface area contributed by atoms with Crippen LogP contribution in [0.25, 0.3) is 0 Å². The highest BCUT2D eigenvalue weighted by Crippen LogP contribution is 2.33. The fraction of sp³-hybridized carbons (Fsp3) is 0.421. The van der Waals surface area contributed by atoms with Crippen molar-refractivity contribution in [2.45, 2.75) is 46.1 Å². The van der Waals surface area contributed by atoms with Gasteiger partial charge in [0.05, 0.1) is 10.6 Å². The van der Waals surface area contributed by atoms with Crippen molar-refractivity contribution >= 4 is 29.6 Å². The number of fused-ring (bicyclic) bond motifs is 3. The van der Waals surface area contributed by atoms with Crippen molar-refractivity contribution < 1.29 is 14.0 Å². The summed E-state index contributed by atoms with van der Waals surface area (Å²) < 4.78 is 16.6. The minimum absolute atomic E-state index is 0.0757. The number of nitrogens with zero attached hydrogens (tertiary/aromatic N) is 3. The molecule has 0 atom stereocenters. The molecule has 138 valence electrons. The molecule has 3 heterocycles. The van der Waals surface area contributed by atoms with E-state index in [0.29, 0.717) is 31.4 Å². The van der Waals surface area contributed by atoms with E-state index in [4.69, 9.17) is 11.6 Å². The van der Waals surface area contributed by atoms with Crippen molar-refractivity contribution in [3.63, 3.8) is 0 Å². The molecule has 0 N–H and O–H groups in total. The zero-order valence-corrected chi connectivity index (χ0v) is 15.6. The molecule has 0 aromatic carbocycles. The monoisotopic (exact) mass is 377 g/mol. The molecule has 0 spiro atoms. The molecule has 7 heteroatoms. The number of amides is 1. The second-order valence-electron chi connectivity index (χ2n) is 6.05. The van der Waals surface area contributed by atoms with Gasteiger partial charge in [-0.05, 0) is 31.7 Å². The van der Waals surface area contributed by atoms with E-state index in [-0.39, 0.29) is 22.1 Å². The lowest BCUT2D eigenvalue weighted by Crippen LogP contribution is -2.42. The molecule has 1 aliphatic carbocycles. The first-order valence-corrected chi connectivity index (χ1v) is 9.32. The molecule has 2 aliphatic rings. The van der Waals surface area contributed by atoms with Crippen molar-refractivity contribution in [3.05, 3.63) is 45.6 Å². The van der Waals surface area contributed by atoms with Crippen molar-refractivity contribution in [1.29, 1.82) is 0 Å². The Labute approximate surface area is 156 Å². The summed E-state index contributed by atoms with van der Waals surface area (Å²) in [6.45, 7) is 4.82. The highest BCUT2D eigenvalue weighted by atomic mass is 35.5. The first kappa shape index (κ1) is 18.6. The van der Waals surface area contributed by atoms with Crippen LogP contribution in [0.4, 0.5) is 10.2 Å². The second kappa shape index (κ2) is 7.58. The molecule has 0 saturated heterocycles. The topological polar surface area (TPSA) is 55.2 Å². The maximum Gasteiger partial charge on any atom is 0.279 e. The quantitative estimate of drug-likeness (QED) is 0.742. The van der Waals surface area contributed by atoms with Gasteiger partial charge >= 0.3 is 0 Å². The van der Waals surface area contributed by atoms with Crippen LogP contribution in [0.3, 0.4) is 0 Å². The molecule has 2 aromatic rings. The minimum Gasteiger partial charge on any atom is -0.336 e. The van der Waals surface area contributed by atoms with Crippen LogP contribution in [0, 0.1) is 5.82 Å². The van der Waals surface area contributed by atoms with Crippen molar-refractivity contribution in [1.82, 2.24) is 9.55 Å². The predicted octanol–water partition coefficient (Wildman–Crippen LogP) is 4.05. The lowest BCUT2D eigenvalue weighted by molar-refractivity contribution is 0.0959. The van der Waals surface area contributed by atoms with Gasteiger partial charge < -0.3 is 4.57 Å². The van der Waals surface area contributed by atoms with Gasteiger partial charge in [-0.25, -0.2) is 9.37 Å². The van der Waals surface area contributed by atoms with Gasteiger partial charge in [0.2, 0.25) is 0 Å². The molecule has 0 bridgehead atoms. The summed E-state index contributed by atoms with van der Waals surface area (Å²) in [6.07, 6.45) is 5.44. The number of pyridine rings is 1.